The lowest BCUT2D eigenvalue weighted by atomic mass is 9.95. The van der Waals surface area contributed by atoms with Crippen molar-refractivity contribution in [2.45, 2.75) is 39.8 Å². The molecular weight excluding hydrogens is 236 g/mol. The van der Waals surface area contributed by atoms with E-state index >= 15 is 0 Å². The molecule has 0 radical (unpaired) electrons. The number of aryl methyl sites for hydroxylation is 1. The predicted molar refractivity (Wildman–Crippen MR) is 75.9 cm³/mol. The van der Waals surface area contributed by atoms with Gasteiger partial charge in [0.1, 0.15) is 5.82 Å². The van der Waals surface area contributed by atoms with Gasteiger partial charge in [0.2, 0.25) is 0 Å². The molecule has 2 heterocycles. The molecule has 4 nitrogen and oxygen atoms in total. The molecule has 4 heteroatoms. The van der Waals surface area contributed by atoms with Gasteiger partial charge in [-0.05, 0) is 37.4 Å². The Hall–Kier alpha value is -1.68. The zero-order valence-corrected chi connectivity index (χ0v) is 11.6. The van der Waals surface area contributed by atoms with Crippen LogP contribution >= 0.6 is 0 Å². The molecule has 0 aliphatic carbocycles. The van der Waals surface area contributed by atoms with Gasteiger partial charge in [-0.2, -0.15) is 0 Å². The standard InChI is InChI=1S/C15H20N4/c1-3-9-19-11(2)17-18-15(19)14-6-4-5-12-10-16-8-7-13(12)14/h4-6,16H,3,7-10H2,1-2H3. The zero-order valence-electron chi connectivity index (χ0n) is 11.6. The van der Waals surface area contributed by atoms with E-state index in [0.29, 0.717) is 0 Å². The van der Waals surface area contributed by atoms with Gasteiger partial charge in [-0.3, -0.25) is 0 Å². The van der Waals surface area contributed by atoms with Crippen LogP contribution in [0.25, 0.3) is 11.4 Å². The van der Waals surface area contributed by atoms with Crippen LogP contribution in [0, 0.1) is 6.92 Å². The average molecular weight is 256 g/mol. The summed E-state index contributed by atoms with van der Waals surface area (Å²) in [6.07, 6.45) is 2.17. The summed E-state index contributed by atoms with van der Waals surface area (Å²) in [7, 11) is 0. The number of fused-ring (bicyclic) bond motifs is 1. The number of nitrogens with one attached hydrogen (secondary N) is 1. The lowest BCUT2D eigenvalue weighted by molar-refractivity contribution is 0.640. The van der Waals surface area contributed by atoms with Crippen LogP contribution in [0.4, 0.5) is 0 Å². The van der Waals surface area contributed by atoms with Crippen molar-refractivity contribution in [3.63, 3.8) is 0 Å². The molecule has 0 bridgehead atoms. The van der Waals surface area contributed by atoms with Crippen LogP contribution in [-0.2, 0) is 19.5 Å². The quantitative estimate of drug-likeness (QED) is 0.916. The topological polar surface area (TPSA) is 42.7 Å². The summed E-state index contributed by atoms with van der Waals surface area (Å²) in [4.78, 5) is 0. The Morgan fingerprint density at radius 2 is 2.21 bits per heavy atom. The predicted octanol–water partition coefficient (Wildman–Crippen LogP) is 2.31. The normalized spacial score (nSPS) is 14.4. The Morgan fingerprint density at radius 3 is 3.05 bits per heavy atom. The Kier molecular flexibility index (Phi) is 3.34. The average Bonchev–Trinajstić information content (AvgIpc) is 2.80. The van der Waals surface area contributed by atoms with Crippen LogP contribution in [0.15, 0.2) is 18.2 Å². The summed E-state index contributed by atoms with van der Waals surface area (Å²) >= 11 is 0. The van der Waals surface area contributed by atoms with Crippen molar-refractivity contribution in [3.05, 3.63) is 35.2 Å². The molecule has 1 aromatic heterocycles. The molecule has 1 N–H and O–H groups in total. The van der Waals surface area contributed by atoms with Crippen LogP contribution in [0.2, 0.25) is 0 Å². The number of hydrogen-bond acceptors (Lipinski definition) is 3. The summed E-state index contributed by atoms with van der Waals surface area (Å²) in [5.41, 5.74) is 4.09. The van der Waals surface area contributed by atoms with Crippen molar-refractivity contribution in [2.24, 2.45) is 0 Å². The van der Waals surface area contributed by atoms with E-state index in [9.17, 15) is 0 Å². The first kappa shape index (κ1) is 12.4. The maximum atomic E-state index is 4.41. The van der Waals surface area contributed by atoms with Crippen molar-refractivity contribution >= 4 is 0 Å². The summed E-state index contributed by atoms with van der Waals surface area (Å²) in [5.74, 6) is 2.03. The van der Waals surface area contributed by atoms with E-state index < -0.39 is 0 Å². The van der Waals surface area contributed by atoms with Gasteiger partial charge < -0.3 is 9.88 Å². The molecule has 19 heavy (non-hydrogen) atoms. The lowest BCUT2D eigenvalue weighted by Gasteiger charge is -2.20. The highest BCUT2D eigenvalue weighted by atomic mass is 15.3. The second kappa shape index (κ2) is 5.13. The molecular formula is C15H20N4. The van der Waals surface area contributed by atoms with Gasteiger partial charge in [-0.1, -0.05) is 25.1 Å². The molecule has 0 amide bonds. The van der Waals surface area contributed by atoms with E-state index in [1.807, 2.05) is 6.92 Å². The highest BCUT2D eigenvalue weighted by Crippen LogP contribution is 2.27. The number of rotatable bonds is 3. The van der Waals surface area contributed by atoms with Crippen LogP contribution in [0.3, 0.4) is 0 Å². The van der Waals surface area contributed by atoms with Gasteiger partial charge in [-0.25, -0.2) is 0 Å². The largest absolute Gasteiger partial charge is 0.312 e. The van der Waals surface area contributed by atoms with Gasteiger partial charge in [-0.15, -0.1) is 10.2 Å². The van der Waals surface area contributed by atoms with E-state index in [4.69, 9.17) is 0 Å². The molecule has 3 rings (SSSR count). The summed E-state index contributed by atoms with van der Waals surface area (Å²) in [6.45, 7) is 7.21. The fraction of sp³-hybridized carbons (Fsp3) is 0.467. The molecule has 1 aliphatic heterocycles. The molecule has 100 valence electrons. The van der Waals surface area contributed by atoms with Crippen LogP contribution in [-0.4, -0.2) is 21.3 Å². The number of benzene rings is 1. The number of hydrogen-bond donors (Lipinski definition) is 1. The SMILES string of the molecule is CCCn1c(C)nnc1-c1cccc2c1CCNC2. The Morgan fingerprint density at radius 1 is 1.32 bits per heavy atom. The molecule has 0 fully saturated rings. The van der Waals surface area contributed by atoms with E-state index in [0.717, 1.165) is 44.1 Å². The first-order valence-corrected chi connectivity index (χ1v) is 7.03. The van der Waals surface area contributed by atoms with Crippen molar-refractivity contribution in [1.82, 2.24) is 20.1 Å². The monoisotopic (exact) mass is 256 g/mol. The highest BCUT2D eigenvalue weighted by Gasteiger charge is 2.18. The Balaban J connectivity index is 2.12. The van der Waals surface area contributed by atoms with Crippen molar-refractivity contribution in [3.8, 4) is 11.4 Å². The van der Waals surface area contributed by atoms with Crippen LogP contribution < -0.4 is 5.32 Å². The van der Waals surface area contributed by atoms with E-state index in [1.165, 1.54) is 16.7 Å². The second-order valence-corrected chi connectivity index (χ2v) is 5.09. The maximum Gasteiger partial charge on any atom is 0.164 e. The van der Waals surface area contributed by atoms with Gasteiger partial charge in [0, 0.05) is 18.7 Å². The molecule has 0 saturated carbocycles. The smallest absolute Gasteiger partial charge is 0.164 e. The minimum absolute atomic E-state index is 0.962. The Bertz CT molecular complexity index is 586. The third kappa shape index (κ3) is 2.16. The van der Waals surface area contributed by atoms with Crippen LogP contribution in [0.1, 0.15) is 30.3 Å². The third-order valence-corrected chi connectivity index (χ3v) is 3.76. The second-order valence-electron chi connectivity index (χ2n) is 5.09. The van der Waals surface area contributed by atoms with Gasteiger partial charge in [0.25, 0.3) is 0 Å². The van der Waals surface area contributed by atoms with Gasteiger partial charge >= 0.3 is 0 Å². The van der Waals surface area contributed by atoms with E-state index in [2.05, 4.69) is 45.2 Å². The third-order valence-electron chi connectivity index (χ3n) is 3.76. The van der Waals surface area contributed by atoms with E-state index in [1.54, 1.807) is 0 Å². The fourth-order valence-electron chi connectivity index (χ4n) is 2.81. The minimum Gasteiger partial charge on any atom is -0.312 e. The van der Waals surface area contributed by atoms with Crippen molar-refractivity contribution < 1.29 is 0 Å². The summed E-state index contributed by atoms with van der Waals surface area (Å²) in [6, 6.07) is 6.51. The Labute approximate surface area is 113 Å². The molecule has 2 aromatic rings. The molecule has 0 spiro atoms. The number of aromatic nitrogens is 3. The molecule has 1 aliphatic rings. The molecule has 0 unspecified atom stereocenters. The minimum atomic E-state index is 0.962. The lowest BCUT2D eigenvalue weighted by Crippen LogP contribution is -2.24. The van der Waals surface area contributed by atoms with Gasteiger partial charge in [0.05, 0.1) is 0 Å². The van der Waals surface area contributed by atoms with E-state index in [-0.39, 0.29) is 0 Å². The summed E-state index contributed by atoms with van der Waals surface area (Å²) < 4.78 is 2.23. The molecule has 1 aromatic carbocycles. The number of nitrogens with zero attached hydrogens (tertiary/aromatic N) is 3. The molecule has 0 saturated heterocycles. The summed E-state index contributed by atoms with van der Waals surface area (Å²) in [5, 5.41) is 12.1. The van der Waals surface area contributed by atoms with Crippen molar-refractivity contribution in [2.75, 3.05) is 6.54 Å². The van der Waals surface area contributed by atoms with Crippen LogP contribution in [0.5, 0.6) is 0 Å². The first-order chi connectivity index (χ1) is 9.31. The molecule has 0 atom stereocenters. The maximum absolute atomic E-state index is 4.41. The van der Waals surface area contributed by atoms with Gasteiger partial charge in [0.15, 0.2) is 5.82 Å². The zero-order chi connectivity index (χ0) is 13.2. The van der Waals surface area contributed by atoms with Crippen molar-refractivity contribution in [1.29, 1.82) is 0 Å². The first-order valence-electron chi connectivity index (χ1n) is 7.03. The highest BCUT2D eigenvalue weighted by molar-refractivity contribution is 5.63. The fourth-order valence-corrected chi connectivity index (χ4v) is 2.81.